The zero-order valence-electron chi connectivity index (χ0n) is 9.63. The summed E-state index contributed by atoms with van der Waals surface area (Å²) in [5, 5.41) is 12.3. The fourth-order valence-electron chi connectivity index (χ4n) is 0.846. The van der Waals surface area contributed by atoms with Gasteiger partial charge in [-0.15, -0.1) is 0 Å². The minimum Gasteiger partial charge on any atom is -0.395 e. The molecule has 0 saturated heterocycles. The Morgan fingerprint density at radius 1 is 1.20 bits per heavy atom. The Balaban J connectivity index is 0.000000262. The molecule has 0 spiro atoms. The second-order valence-corrected chi connectivity index (χ2v) is 4.63. The summed E-state index contributed by atoms with van der Waals surface area (Å²) in [7, 11) is 0. The number of nitrogens with one attached hydrogen (secondary N) is 1. The predicted molar refractivity (Wildman–Crippen MR) is 66.3 cm³/mol. The molecule has 0 fully saturated rings. The van der Waals surface area contributed by atoms with Crippen LogP contribution >= 0.6 is 11.6 Å². The smallest absolute Gasteiger partial charge is 0.0556 e. The summed E-state index contributed by atoms with van der Waals surface area (Å²) in [6.07, 6.45) is 0. The Kier molecular flexibility index (Phi) is 7.39. The van der Waals surface area contributed by atoms with Gasteiger partial charge in [0.2, 0.25) is 0 Å². The molecule has 0 aliphatic rings. The Bertz CT molecular complexity index is 244. The summed E-state index contributed by atoms with van der Waals surface area (Å²) in [4.78, 5) is 0. The average molecular weight is 230 g/mol. The van der Waals surface area contributed by atoms with Crippen molar-refractivity contribution < 1.29 is 5.11 Å². The number of aliphatic hydroxyl groups excluding tert-OH is 1. The lowest BCUT2D eigenvalue weighted by Gasteiger charge is -2.19. The van der Waals surface area contributed by atoms with Crippen LogP contribution < -0.4 is 5.32 Å². The van der Waals surface area contributed by atoms with E-state index in [2.05, 4.69) is 26.1 Å². The highest BCUT2D eigenvalue weighted by Crippen LogP contribution is 2.03. The molecule has 2 nitrogen and oxygen atoms in total. The van der Waals surface area contributed by atoms with E-state index in [-0.39, 0.29) is 12.1 Å². The fourth-order valence-corrected chi connectivity index (χ4v) is 0.991. The third-order valence-corrected chi connectivity index (χ3v) is 1.75. The van der Waals surface area contributed by atoms with E-state index in [0.29, 0.717) is 6.54 Å². The molecule has 0 saturated carbocycles. The van der Waals surface area contributed by atoms with Crippen LogP contribution in [0.25, 0.3) is 0 Å². The first-order valence-corrected chi connectivity index (χ1v) is 5.40. The van der Waals surface area contributed by atoms with Gasteiger partial charge in [-0.3, -0.25) is 0 Å². The summed E-state index contributed by atoms with van der Waals surface area (Å²) in [6.45, 7) is 7.12. The normalized spacial score (nSPS) is 10.5. The van der Waals surface area contributed by atoms with Crippen molar-refractivity contribution in [3.63, 3.8) is 0 Å². The van der Waals surface area contributed by atoms with Gasteiger partial charge in [-0.1, -0.05) is 29.8 Å². The Morgan fingerprint density at radius 2 is 1.73 bits per heavy atom. The molecule has 0 amide bonds. The number of rotatable bonds is 2. The highest BCUT2D eigenvalue weighted by molar-refractivity contribution is 6.30. The molecule has 1 aromatic carbocycles. The summed E-state index contributed by atoms with van der Waals surface area (Å²) >= 11 is 5.54. The van der Waals surface area contributed by atoms with Crippen LogP contribution in [0.4, 0.5) is 0 Å². The summed E-state index contributed by atoms with van der Waals surface area (Å²) < 4.78 is 0. The van der Waals surface area contributed by atoms with Crippen molar-refractivity contribution >= 4 is 11.6 Å². The number of hydrogen-bond acceptors (Lipinski definition) is 2. The van der Waals surface area contributed by atoms with Gasteiger partial charge in [0.05, 0.1) is 6.61 Å². The van der Waals surface area contributed by atoms with Crippen LogP contribution in [-0.2, 0) is 0 Å². The summed E-state index contributed by atoms with van der Waals surface area (Å²) in [5.41, 5.74) is 0.142. The first-order valence-electron chi connectivity index (χ1n) is 5.02. The van der Waals surface area contributed by atoms with E-state index in [1.54, 1.807) is 0 Å². The lowest BCUT2D eigenvalue weighted by molar-refractivity contribution is 0.272. The van der Waals surface area contributed by atoms with Crippen molar-refractivity contribution in [1.82, 2.24) is 5.32 Å². The average Bonchev–Trinajstić information content (AvgIpc) is 2.16. The maximum Gasteiger partial charge on any atom is 0.0556 e. The van der Waals surface area contributed by atoms with Gasteiger partial charge in [0.25, 0.3) is 0 Å². The van der Waals surface area contributed by atoms with Gasteiger partial charge in [0.1, 0.15) is 0 Å². The molecule has 0 atom stereocenters. The molecule has 15 heavy (non-hydrogen) atoms. The summed E-state index contributed by atoms with van der Waals surface area (Å²) in [6, 6.07) is 9.44. The van der Waals surface area contributed by atoms with E-state index in [0.717, 1.165) is 5.02 Å². The van der Waals surface area contributed by atoms with Gasteiger partial charge in [-0.2, -0.15) is 0 Å². The monoisotopic (exact) mass is 229 g/mol. The molecule has 0 heterocycles. The molecule has 0 aliphatic carbocycles. The quantitative estimate of drug-likeness (QED) is 0.818. The molecule has 2 N–H and O–H groups in total. The van der Waals surface area contributed by atoms with E-state index >= 15 is 0 Å². The maximum absolute atomic E-state index is 8.37. The van der Waals surface area contributed by atoms with Crippen LogP contribution in [0.2, 0.25) is 5.02 Å². The second kappa shape index (κ2) is 7.69. The third-order valence-electron chi connectivity index (χ3n) is 1.50. The van der Waals surface area contributed by atoms with E-state index < -0.39 is 0 Å². The van der Waals surface area contributed by atoms with Crippen LogP contribution in [0.15, 0.2) is 30.3 Å². The molecular weight excluding hydrogens is 210 g/mol. The Labute approximate surface area is 97.3 Å². The Hall–Kier alpha value is -0.570. The molecule has 0 bridgehead atoms. The topological polar surface area (TPSA) is 32.3 Å². The minimum atomic E-state index is 0.142. The van der Waals surface area contributed by atoms with Gasteiger partial charge in [-0.25, -0.2) is 0 Å². The number of β-amino-alcohol motifs (C(OH)–C–C–N with tert-alkyl or cyclic N) is 1. The van der Waals surface area contributed by atoms with Crippen LogP contribution in [-0.4, -0.2) is 23.8 Å². The molecule has 3 heteroatoms. The lowest BCUT2D eigenvalue weighted by atomic mass is 10.1. The second-order valence-electron chi connectivity index (χ2n) is 4.20. The highest BCUT2D eigenvalue weighted by Gasteiger charge is 2.05. The van der Waals surface area contributed by atoms with Crippen molar-refractivity contribution in [2.24, 2.45) is 0 Å². The molecule has 1 aromatic rings. The SMILES string of the molecule is CC(C)(C)NCCO.Clc1ccccc1. The van der Waals surface area contributed by atoms with E-state index in [9.17, 15) is 0 Å². The fraction of sp³-hybridized carbons (Fsp3) is 0.500. The maximum atomic E-state index is 8.37. The van der Waals surface area contributed by atoms with Crippen molar-refractivity contribution in [1.29, 1.82) is 0 Å². The molecular formula is C12H20ClNO. The summed E-state index contributed by atoms with van der Waals surface area (Å²) in [5.74, 6) is 0. The number of aliphatic hydroxyl groups is 1. The van der Waals surface area contributed by atoms with E-state index in [4.69, 9.17) is 16.7 Å². The molecule has 0 aliphatic heterocycles. The van der Waals surface area contributed by atoms with Gasteiger partial charge in [0, 0.05) is 17.1 Å². The van der Waals surface area contributed by atoms with Crippen molar-refractivity contribution in [3.8, 4) is 0 Å². The van der Waals surface area contributed by atoms with Crippen molar-refractivity contribution in [2.45, 2.75) is 26.3 Å². The van der Waals surface area contributed by atoms with Crippen LogP contribution in [0.1, 0.15) is 20.8 Å². The van der Waals surface area contributed by atoms with E-state index in [1.807, 2.05) is 30.3 Å². The zero-order valence-corrected chi connectivity index (χ0v) is 10.4. The van der Waals surface area contributed by atoms with Gasteiger partial charge >= 0.3 is 0 Å². The van der Waals surface area contributed by atoms with Gasteiger partial charge < -0.3 is 10.4 Å². The third kappa shape index (κ3) is 11.4. The lowest BCUT2D eigenvalue weighted by Crippen LogP contribution is -2.37. The van der Waals surface area contributed by atoms with Gasteiger partial charge in [0.15, 0.2) is 0 Å². The molecule has 0 aromatic heterocycles. The first-order chi connectivity index (χ1) is 6.95. The minimum absolute atomic E-state index is 0.142. The van der Waals surface area contributed by atoms with Crippen LogP contribution in [0.3, 0.4) is 0 Å². The predicted octanol–water partition coefficient (Wildman–Crippen LogP) is 2.71. The first kappa shape index (κ1) is 14.4. The van der Waals surface area contributed by atoms with Crippen LogP contribution in [0, 0.1) is 0 Å². The molecule has 86 valence electrons. The molecule has 0 unspecified atom stereocenters. The number of benzene rings is 1. The van der Waals surface area contributed by atoms with Crippen LogP contribution in [0.5, 0.6) is 0 Å². The van der Waals surface area contributed by atoms with Gasteiger partial charge in [-0.05, 0) is 32.9 Å². The largest absolute Gasteiger partial charge is 0.395 e. The number of halogens is 1. The molecule has 0 radical (unpaired) electrons. The number of hydrogen-bond donors (Lipinski definition) is 2. The zero-order chi connectivity index (χ0) is 11.7. The Morgan fingerprint density at radius 3 is 1.93 bits per heavy atom. The highest BCUT2D eigenvalue weighted by atomic mass is 35.5. The standard InChI is InChI=1S/C6H5Cl.C6H15NO/c7-6-4-2-1-3-5-6;1-6(2,3)7-4-5-8/h1-5H;7-8H,4-5H2,1-3H3. The van der Waals surface area contributed by atoms with Crippen molar-refractivity contribution in [3.05, 3.63) is 35.4 Å². The van der Waals surface area contributed by atoms with E-state index in [1.165, 1.54) is 0 Å². The molecule has 1 rings (SSSR count). The van der Waals surface area contributed by atoms with Crippen molar-refractivity contribution in [2.75, 3.05) is 13.2 Å².